The number of nitrogens with zero attached hydrogens (tertiary/aromatic N) is 3. The smallest absolute Gasteiger partial charge is 0.293 e. The Balaban J connectivity index is 0.000000450. The Kier molecular flexibility index (Phi) is 13.8. The molecule has 1 unspecified atom stereocenters. The molecule has 0 spiro atoms. The molecule has 2 aromatic rings. The van der Waals surface area contributed by atoms with Crippen LogP contribution in [0.1, 0.15) is 37.1 Å². The van der Waals surface area contributed by atoms with Crippen LogP contribution >= 0.6 is 23.6 Å². The lowest BCUT2D eigenvalue weighted by atomic mass is 10.2. The van der Waals surface area contributed by atoms with Crippen molar-refractivity contribution < 1.29 is 18.5 Å². The van der Waals surface area contributed by atoms with Crippen LogP contribution in [0.3, 0.4) is 0 Å². The molecule has 0 fully saturated rings. The summed E-state index contributed by atoms with van der Waals surface area (Å²) in [6, 6.07) is 6.95. The minimum absolute atomic E-state index is 0.142. The van der Waals surface area contributed by atoms with Gasteiger partial charge in [0, 0.05) is 45.0 Å². The van der Waals surface area contributed by atoms with E-state index in [1.54, 1.807) is 57.7 Å². The van der Waals surface area contributed by atoms with E-state index in [4.69, 9.17) is 32.1 Å². The van der Waals surface area contributed by atoms with Gasteiger partial charge in [-0.1, -0.05) is 24.2 Å². The number of halogens is 1. The van der Waals surface area contributed by atoms with Gasteiger partial charge in [-0.05, 0) is 25.1 Å². The molecular weight excluding hydrogens is 506 g/mol. The predicted octanol–water partition coefficient (Wildman–Crippen LogP) is 3.19. The second kappa shape index (κ2) is 16.2. The number of nitrogens with two attached hydrogens (primary N) is 2. The third kappa shape index (κ3) is 10.4. The Bertz CT molecular complexity index is 1040. The van der Waals surface area contributed by atoms with Gasteiger partial charge in [-0.25, -0.2) is 10.8 Å². The lowest BCUT2D eigenvalue weighted by molar-refractivity contribution is -0.133. The van der Waals surface area contributed by atoms with E-state index in [0.29, 0.717) is 52.3 Å². The first-order valence-electron chi connectivity index (χ1n) is 10.6. The van der Waals surface area contributed by atoms with Gasteiger partial charge in [-0.15, -0.1) is 0 Å². The van der Waals surface area contributed by atoms with E-state index in [9.17, 15) is 9.59 Å². The number of hydrazine groups is 1. The second-order valence-corrected chi connectivity index (χ2v) is 8.01. The summed E-state index contributed by atoms with van der Waals surface area (Å²) >= 11 is 6.95. The normalized spacial score (nSPS) is 11.6. The second-order valence-electron chi connectivity index (χ2n) is 7.15. The van der Waals surface area contributed by atoms with Crippen LogP contribution in [0.25, 0.3) is 5.70 Å². The minimum atomic E-state index is -0.344. The SMILES string of the molecule is C=C(CCC(=O)Nc1ccc(/C(N)=C(\NC)N(C)N)nc1)OSC.CC(OC=O)c1cccnc1Cl. The van der Waals surface area contributed by atoms with Crippen molar-refractivity contribution in [1.82, 2.24) is 20.3 Å². The van der Waals surface area contributed by atoms with Crippen LogP contribution in [-0.4, -0.2) is 47.7 Å². The molecule has 1 atom stereocenters. The molecule has 6 N–H and O–H groups in total. The molecule has 2 aromatic heterocycles. The Labute approximate surface area is 220 Å². The summed E-state index contributed by atoms with van der Waals surface area (Å²) < 4.78 is 9.83. The Morgan fingerprint density at radius 1 is 1.33 bits per heavy atom. The highest BCUT2D eigenvalue weighted by Gasteiger charge is 2.10. The van der Waals surface area contributed by atoms with Crippen molar-refractivity contribution in [2.24, 2.45) is 11.6 Å². The highest BCUT2D eigenvalue weighted by Crippen LogP contribution is 2.22. The minimum Gasteiger partial charge on any atom is -0.460 e. The fraction of sp³-hybridized carbons (Fsp3) is 0.304. The Morgan fingerprint density at radius 2 is 2.06 bits per heavy atom. The summed E-state index contributed by atoms with van der Waals surface area (Å²) in [5, 5.41) is 7.41. The number of carbonyl (C=O) groups excluding carboxylic acids is 2. The number of anilines is 1. The standard InChI is InChI=1S/C15H24N6O2S.C8H8ClNO2/c1-10(23-24-4)5-8-13(22)20-11-6-7-12(19-9-11)14(16)15(18-2)21(3)17;1-6(12-5-11)7-3-2-4-10-8(7)9/h6-7,9,18H,1,5,8,16-17H2,2-4H3,(H,20,22);2-6H,1H3/b15-14-;. The molecule has 196 valence electrons. The van der Waals surface area contributed by atoms with Crippen molar-refractivity contribution in [2.75, 3.05) is 25.7 Å². The third-order valence-electron chi connectivity index (χ3n) is 4.49. The maximum absolute atomic E-state index is 11.9. The van der Waals surface area contributed by atoms with Crippen molar-refractivity contribution in [3.63, 3.8) is 0 Å². The molecule has 0 aliphatic carbocycles. The van der Waals surface area contributed by atoms with Crippen LogP contribution in [-0.2, 0) is 18.5 Å². The van der Waals surface area contributed by atoms with E-state index in [1.807, 2.05) is 0 Å². The molecule has 1 amide bonds. The van der Waals surface area contributed by atoms with Gasteiger partial charge in [0.1, 0.15) is 22.8 Å². The van der Waals surface area contributed by atoms with E-state index in [2.05, 4.69) is 27.2 Å². The number of allylic oxidation sites excluding steroid dienone is 1. The summed E-state index contributed by atoms with van der Waals surface area (Å²) in [4.78, 5) is 30.0. The predicted molar refractivity (Wildman–Crippen MR) is 143 cm³/mol. The van der Waals surface area contributed by atoms with Gasteiger partial charge < -0.3 is 25.3 Å². The molecule has 2 rings (SSSR count). The van der Waals surface area contributed by atoms with Gasteiger partial charge in [-0.3, -0.25) is 19.6 Å². The van der Waals surface area contributed by atoms with Gasteiger partial charge in [0.2, 0.25) is 5.91 Å². The Morgan fingerprint density at radius 3 is 2.58 bits per heavy atom. The molecule has 0 aromatic carbocycles. The average molecular weight is 538 g/mol. The van der Waals surface area contributed by atoms with Crippen LogP contribution in [0, 0.1) is 0 Å². The van der Waals surface area contributed by atoms with E-state index < -0.39 is 0 Å². The maximum atomic E-state index is 11.9. The highest BCUT2D eigenvalue weighted by molar-refractivity contribution is 7.94. The zero-order valence-electron chi connectivity index (χ0n) is 20.7. The lowest BCUT2D eigenvalue weighted by Gasteiger charge is -2.18. The van der Waals surface area contributed by atoms with Gasteiger partial charge in [-0.2, -0.15) is 0 Å². The van der Waals surface area contributed by atoms with Crippen LogP contribution in [0.2, 0.25) is 5.15 Å². The molecule has 36 heavy (non-hydrogen) atoms. The number of ether oxygens (including phenoxy) is 1. The van der Waals surface area contributed by atoms with Gasteiger partial charge in [0.25, 0.3) is 6.47 Å². The summed E-state index contributed by atoms with van der Waals surface area (Å²) in [5.74, 6) is 6.66. The summed E-state index contributed by atoms with van der Waals surface area (Å²) in [6.07, 6.45) is 5.31. The van der Waals surface area contributed by atoms with E-state index in [-0.39, 0.29) is 18.4 Å². The fourth-order valence-electron chi connectivity index (χ4n) is 2.74. The van der Waals surface area contributed by atoms with Crippen LogP contribution < -0.4 is 22.2 Å². The van der Waals surface area contributed by atoms with E-state index in [1.165, 1.54) is 23.2 Å². The highest BCUT2D eigenvalue weighted by atomic mass is 35.5. The first kappa shape index (κ1) is 30.6. The largest absolute Gasteiger partial charge is 0.460 e. The molecule has 2 heterocycles. The number of pyridine rings is 2. The topological polar surface area (TPSA) is 158 Å². The molecule has 0 saturated carbocycles. The summed E-state index contributed by atoms with van der Waals surface area (Å²) in [6.45, 7) is 5.85. The van der Waals surface area contributed by atoms with Crippen LogP contribution in [0.4, 0.5) is 5.69 Å². The van der Waals surface area contributed by atoms with Crippen LogP contribution in [0.15, 0.2) is 54.8 Å². The molecule has 13 heteroatoms. The number of nitrogens with one attached hydrogen (secondary N) is 2. The number of rotatable bonds is 12. The van der Waals surface area contributed by atoms with Gasteiger partial charge >= 0.3 is 0 Å². The van der Waals surface area contributed by atoms with E-state index >= 15 is 0 Å². The molecule has 0 saturated heterocycles. The number of hydrogen-bond acceptors (Lipinski definition) is 11. The van der Waals surface area contributed by atoms with Gasteiger partial charge in [0.15, 0.2) is 0 Å². The zero-order chi connectivity index (χ0) is 27.1. The molecule has 0 radical (unpaired) electrons. The molecule has 0 bridgehead atoms. The van der Waals surface area contributed by atoms with Crippen molar-refractivity contribution in [3.05, 3.63) is 71.2 Å². The number of carbonyl (C=O) groups is 2. The van der Waals surface area contributed by atoms with Crippen LogP contribution in [0.5, 0.6) is 0 Å². The number of hydrogen-bond donors (Lipinski definition) is 4. The van der Waals surface area contributed by atoms with Crippen molar-refractivity contribution in [1.29, 1.82) is 0 Å². The monoisotopic (exact) mass is 537 g/mol. The molecule has 0 aliphatic heterocycles. The van der Waals surface area contributed by atoms with Gasteiger partial charge in [0.05, 0.1) is 35.3 Å². The summed E-state index contributed by atoms with van der Waals surface area (Å²) in [7, 11) is 3.39. The Hall–Kier alpha value is -3.48. The number of aromatic nitrogens is 2. The van der Waals surface area contributed by atoms with Crippen molar-refractivity contribution in [3.8, 4) is 0 Å². The molecular formula is C23H32ClN7O4S. The van der Waals surface area contributed by atoms with E-state index in [0.717, 1.165) is 0 Å². The molecule has 11 nitrogen and oxygen atoms in total. The summed E-state index contributed by atoms with van der Waals surface area (Å²) in [5.41, 5.74) is 8.29. The fourth-order valence-corrected chi connectivity index (χ4v) is 3.34. The first-order chi connectivity index (χ1) is 17.1. The van der Waals surface area contributed by atoms with Crippen molar-refractivity contribution in [2.45, 2.75) is 25.9 Å². The first-order valence-corrected chi connectivity index (χ1v) is 12.2. The molecule has 0 aliphatic rings. The maximum Gasteiger partial charge on any atom is 0.293 e. The quantitative estimate of drug-likeness (QED) is 0.0786. The third-order valence-corrected chi connectivity index (χ3v) is 5.20. The average Bonchev–Trinajstić information content (AvgIpc) is 2.84. The lowest BCUT2D eigenvalue weighted by Crippen LogP contribution is -2.34. The zero-order valence-corrected chi connectivity index (χ0v) is 22.2. The van der Waals surface area contributed by atoms with Crippen molar-refractivity contribution >= 4 is 47.4 Å². The number of amides is 1.